The van der Waals surface area contributed by atoms with Gasteiger partial charge in [-0.25, -0.2) is 0 Å². The molecule has 1 aliphatic heterocycles. The zero-order chi connectivity index (χ0) is 18.1. The van der Waals surface area contributed by atoms with Crippen molar-refractivity contribution in [3.05, 3.63) is 82.8 Å². The van der Waals surface area contributed by atoms with E-state index in [1.54, 1.807) is 4.90 Å². The number of thioether (sulfide) groups is 1. The second kappa shape index (κ2) is 7.06. The van der Waals surface area contributed by atoms with Crippen LogP contribution >= 0.6 is 24.0 Å². The summed E-state index contributed by atoms with van der Waals surface area (Å²) in [6.07, 6.45) is 2.81. The fourth-order valence-corrected chi connectivity index (χ4v) is 4.50. The average Bonchev–Trinajstić information content (AvgIpc) is 2.95. The van der Waals surface area contributed by atoms with Crippen molar-refractivity contribution in [2.24, 2.45) is 0 Å². The van der Waals surface area contributed by atoms with Crippen LogP contribution in [0.2, 0.25) is 0 Å². The summed E-state index contributed by atoms with van der Waals surface area (Å²) in [6.45, 7) is 2.09. The van der Waals surface area contributed by atoms with Gasteiger partial charge in [-0.05, 0) is 40.5 Å². The molecule has 0 N–H and O–H groups in total. The Hall–Kier alpha value is -2.43. The van der Waals surface area contributed by atoms with E-state index in [1.807, 2.05) is 54.6 Å². The largest absolute Gasteiger partial charge is 0.270 e. The number of hydrogen-bond acceptors (Lipinski definition) is 3. The van der Waals surface area contributed by atoms with E-state index in [0.29, 0.717) is 9.23 Å². The van der Waals surface area contributed by atoms with Crippen molar-refractivity contribution in [3.63, 3.8) is 0 Å². The first kappa shape index (κ1) is 17.0. The Labute approximate surface area is 162 Å². The first-order valence-corrected chi connectivity index (χ1v) is 9.75. The van der Waals surface area contributed by atoms with Gasteiger partial charge in [0, 0.05) is 0 Å². The van der Waals surface area contributed by atoms with Gasteiger partial charge in [0.2, 0.25) is 0 Å². The fraction of sp³-hybridized carbons (Fsp3) is 0.0909. The smallest absolute Gasteiger partial charge is 0.268 e. The zero-order valence-corrected chi connectivity index (χ0v) is 15.9. The van der Waals surface area contributed by atoms with Crippen LogP contribution in [0.15, 0.2) is 71.6 Å². The molecular formula is C22H17NOS2. The number of carbonyl (C=O) groups is 1. The SMILES string of the molecule is CCc1ccccc1N1C(=O)/C(=C/c2cccc3ccccc23)SC1=S. The number of fused-ring (bicyclic) bond motifs is 1. The molecule has 1 aliphatic rings. The Kier molecular flexibility index (Phi) is 4.62. The van der Waals surface area contributed by atoms with Crippen LogP contribution in [-0.2, 0) is 11.2 Å². The van der Waals surface area contributed by atoms with Crippen molar-refractivity contribution in [1.82, 2.24) is 0 Å². The maximum absolute atomic E-state index is 13.1. The normalized spacial score (nSPS) is 16.0. The van der Waals surface area contributed by atoms with E-state index in [4.69, 9.17) is 12.2 Å². The number of carbonyl (C=O) groups excluding carboxylic acids is 1. The van der Waals surface area contributed by atoms with Crippen molar-refractivity contribution in [3.8, 4) is 0 Å². The third-order valence-corrected chi connectivity index (χ3v) is 5.82. The average molecular weight is 376 g/mol. The molecule has 4 rings (SSSR count). The number of rotatable bonds is 3. The highest BCUT2D eigenvalue weighted by atomic mass is 32.2. The molecule has 0 bridgehead atoms. The number of amides is 1. The van der Waals surface area contributed by atoms with Crippen LogP contribution < -0.4 is 4.90 Å². The molecular weight excluding hydrogens is 358 g/mol. The Morgan fingerprint density at radius 1 is 1.00 bits per heavy atom. The van der Waals surface area contributed by atoms with Gasteiger partial charge in [0.15, 0.2) is 4.32 Å². The van der Waals surface area contributed by atoms with Crippen LogP contribution in [0.1, 0.15) is 18.1 Å². The summed E-state index contributed by atoms with van der Waals surface area (Å²) in [5.41, 5.74) is 3.04. The summed E-state index contributed by atoms with van der Waals surface area (Å²) in [6, 6.07) is 22.3. The third-order valence-electron chi connectivity index (χ3n) is 4.52. The van der Waals surface area contributed by atoms with Crippen LogP contribution in [0.3, 0.4) is 0 Å². The molecule has 128 valence electrons. The van der Waals surface area contributed by atoms with E-state index < -0.39 is 0 Å². The molecule has 1 amide bonds. The lowest BCUT2D eigenvalue weighted by Gasteiger charge is -2.18. The minimum atomic E-state index is -0.0474. The number of nitrogens with zero attached hydrogens (tertiary/aromatic N) is 1. The summed E-state index contributed by atoms with van der Waals surface area (Å²) in [5, 5.41) is 2.29. The van der Waals surface area contributed by atoms with Crippen LogP contribution in [0.5, 0.6) is 0 Å². The first-order chi connectivity index (χ1) is 12.7. The fourth-order valence-electron chi connectivity index (χ4n) is 3.22. The molecule has 1 heterocycles. The van der Waals surface area contributed by atoms with Crippen molar-refractivity contribution in [2.75, 3.05) is 4.90 Å². The molecule has 1 fully saturated rings. The Balaban J connectivity index is 1.76. The summed E-state index contributed by atoms with van der Waals surface area (Å²) in [7, 11) is 0. The van der Waals surface area contributed by atoms with E-state index in [2.05, 4.69) is 25.1 Å². The van der Waals surface area contributed by atoms with Gasteiger partial charge in [-0.1, -0.05) is 91.6 Å². The summed E-state index contributed by atoms with van der Waals surface area (Å²) in [4.78, 5) is 15.4. The highest BCUT2D eigenvalue weighted by Crippen LogP contribution is 2.38. The molecule has 2 nitrogen and oxygen atoms in total. The minimum Gasteiger partial charge on any atom is -0.268 e. The molecule has 3 aromatic carbocycles. The Morgan fingerprint density at radius 2 is 1.73 bits per heavy atom. The maximum Gasteiger partial charge on any atom is 0.270 e. The van der Waals surface area contributed by atoms with E-state index in [0.717, 1.165) is 34.0 Å². The van der Waals surface area contributed by atoms with Crippen molar-refractivity contribution >= 4 is 56.7 Å². The van der Waals surface area contributed by atoms with E-state index in [1.165, 1.54) is 11.8 Å². The minimum absolute atomic E-state index is 0.0474. The lowest BCUT2D eigenvalue weighted by molar-refractivity contribution is -0.113. The van der Waals surface area contributed by atoms with Crippen molar-refractivity contribution in [2.45, 2.75) is 13.3 Å². The second-order valence-electron chi connectivity index (χ2n) is 6.07. The quantitative estimate of drug-likeness (QED) is 0.426. The van der Waals surface area contributed by atoms with Gasteiger partial charge in [0.1, 0.15) is 0 Å². The number of benzene rings is 3. The summed E-state index contributed by atoms with van der Waals surface area (Å²) in [5.74, 6) is -0.0474. The van der Waals surface area contributed by atoms with Crippen LogP contribution in [0, 0.1) is 0 Å². The monoisotopic (exact) mass is 375 g/mol. The molecule has 0 unspecified atom stereocenters. The van der Waals surface area contributed by atoms with Gasteiger partial charge in [-0.15, -0.1) is 0 Å². The predicted octanol–water partition coefficient (Wildman–Crippen LogP) is 5.81. The molecule has 3 aromatic rings. The predicted molar refractivity (Wildman–Crippen MR) is 115 cm³/mol. The number of aryl methyl sites for hydroxylation is 1. The number of thiocarbonyl (C=S) groups is 1. The van der Waals surface area contributed by atoms with E-state index >= 15 is 0 Å². The summed E-state index contributed by atoms with van der Waals surface area (Å²) < 4.78 is 0.586. The molecule has 4 heteroatoms. The van der Waals surface area contributed by atoms with Gasteiger partial charge in [0.25, 0.3) is 5.91 Å². The molecule has 0 aliphatic carbocycles. The van der Waals surface area contributed by atoms with Crippen LogP contribution in [0.4, 0.5) is 5.69 Å². The number of anilines is 1. The highest BCUT2D eigenvalue weighted by Gasteiger charge is 2.34. The van der Waals surface area contributed by atoms with Crippen LogP contribution in [-0.4, -0.2) is 10.2 Å². The first-order valence-electron chi connectivity index (χ1n) is 8.52. The molecule has 0 radical (unpaired) electrons. The van der Waals surface area contributed by atoms with Gasteiger partial charge in [-0.2, -0.15) is 0 Å². The van der Waals surface area contributed by atoms with E-state index in [-0.39, 0.29) is 5.91 Å². The lowest BCUT2D eigenvalue weighted by Crippen LogP contribution is -2.28. The highest BCUT2D eigenvalue weighted by molar-refractivity contribution is 8.27. The van der Waals surface area contributed by atoms with Crippen molar-refractivity contribution in [1.29, 1.82) is 0 Å². The topological polar surface area (TPSA) is 20.3 Å². The van der Waals surface area contributed by atoms with Gasteiger partial charge >= 0.3 is 0 Å². The molecule has 0 aromatic heterocycles. The second-order valence-corrected chi connectivity index (χ2v) is 7.74. The Bertz CT molecular complexity index is 1050. The molecule has 1 saturated heterocycles. The van der Waals surface area contributed by atoms with E-state index in [9.17, 15) is 4.79 Å². The number of hydrogen-bond donors (Lipinski definition) is 0. The zero-order valence-electron chi connectivity index (χ0n) is 14.3. The molecule has 0 atom stereocenters. The standard InChI is InChI=1S/C22H17NOS2/c1-2-15-8-4-6-13-19(15)23-21(24)20(26-22(23)25)14-17-11-7-10-16-9-3-5-12-18(16)17/h3-14H,2H2,1H3/b20-14-. The maximum atomic E-state index is 13.1. The van der Waals surface area contributed by atoms with Crippen LogP contribution in [0.25, 0.3) is 16.8 Å². The summed E-state index contributed by atoms with van der Waals surface area (Å²) >= 11 is 6.89. The molecule has 0 spiro atoms. The van der Waals surface area contributed by atoms with Gasteiger partial charge < -0.3 is 0 Å². The third kappa shape index (κ3) is 2.96. The van der Waals surface area contributed by atoms with Gasteiger partial charge in [0.05, 0.1) is 10.6 Å². The number of para-hydroxylation sites is 1. The molecule has 26 heavy (non-hydrogen) atoms. The lowest BCUT2D eigenvalue weighted by atomic mass is 10.0. The Morgan fingerprint density at radius 3 is 2.58 bits per heavy atom. The molecule has 0 saturated carbocycles. The van der Waals surface area contributed by atoms with Gasteiger partial charge in [-0.3, -0.25) is 9.69 Å². The van der Waals surface area contributed by atoms with Crippen molar-refractivity contribution < 1.29 is 4.79 Å².